The lowest BCUT2D eigenvalue weighted by atomic mass is 9.95. The molecule has 2 aromatic carbocycles. The number of rotatable bonds is 7. The van der Waals surface area contributed by atoms with Crippen LogP contribution >= 0.6 is 0 Å². The van der Waals surface area contributed by atoms with Gasteiger partial charge >= 0.3 is 0 Å². The topological polar surface area (TPSA) is 75.3 Å². The summed E-state index contributed by atoms with van der Waals surface area (Å²) in [5.41, 5.74) is 2.96. The molecule has 2 N–H and O–H groups in total. The standard InChI is InChI=1S/C21H26N2O3S/c1-4-13-22-20(24)21(11-12-21)17-6-8-18(9-7-17)23-27(25,26)19-10-5-15(2)16(3)14-19/h5-10,14,23H,4,11-13H2,1-3H3,(H,22,24). The molecule has 0 saturated heterocycles. The second kappa shape index (κ2) is 7.35. The molecular weight excluding hydrogens is 360 g/mol. The molecule has 0 unspecified atom stereocenters. The predicted octanol–water partition coefficient (Wildman–Crippen LogP) is 3.66. The van der Waals surface area contributed by atoms with Gasteiger partial charge in [-0.2, -0.15) is 0 Å². The van der Waals surface area contributed by atoms with Crippen LogP contribution in [-0.4, -0.2) is 20.9 Å². The molecule has 0 aliphatic heterocycles. The average Bonchev–Trinajstić information content (AvgIpc) is 3.44. The Bertz CT molecular complexity index is 946. The van der Waals surface area contributed by atoms with Crippen molar-refractivity contribution in [2.45, 2.75) is 50.3 Å². The van der Waals surface area contributed by atoms with E-state index in [0.29, 0.717) is 12.2 Å². The summed E-state index contributed by atoms with van der Waals surface area (Å²) < 4.78 is 27.8. The van der Waals surface area contributed by atoms with Crippen molar-refractivity contribution in [1.29, 1.82) is 0 Å². The molecule has 1 saturated carbocycles. The van der Waals surface area contributed by atoms with E-state index in [2.05, 4.69) is 10.0 Å². The lowest BCUT2D eigenvalue weighted by Crippen LogP contribution is -2.35. The molecule has 27 heavy (non-hydrogen) atoms. The van der Waals surface area contributed by atoms with Gasteiger partial charge in [-0.25, -0.2) is 8.42 Å². The van der Waals surface area contributed by atoms with Gasteiger partial charge < -0.3 is 5.32 Å². The smallest absolute Gasteiger partial charge is 0.261 e. The van der Waals surface area contributed by atoms with E-state index >= 15 is 0 Å². The second-order valence-corrected chi connectivity index (χ2v) is 8.95. The first kappa shape index (κ1) is 19.4. The van der Waals surface area contributed by atoms with E-state index in [9.17, 15) is 13.2 Å². The van der Waals surface area contributed by atoms with Gasteiger partial charge in [0.15, 0.2) is 0 Å². The number of amides is 1. The predicted molar refractivity (Wildman–Crippen MR) is 107 cm³/mol. The lowest BCUT2D eigenvalue weighted by Gasteiger charge is -2.16. The number of aryl methyl sites for hydroxylation is 2. The van der Waals surface area contributed by atoms with Crippen molar-refractivity contribution in [1.82, 2.24) is 5.32 Å². The van der Waals surface area contributed by atoms with Crippen molar-refractivity contribution in [3.05, 3.63) is 59.2 Å². The summed E-state index contributed by atoms with van der Waals surface area (Å²) in [6.45, 7) is 6.54. The van der Waals surface area contributed by atoms with Crippen molar-refractivity contribution in [2.75, 3.05) is 11.3 Å². The Morgan fingerprint density at radius 2 is 1.70 bits per heavy atom. The second-order valence-electron chi connectivity index (χ2n) is 7.27. The van der Waals surface area contributed by atoms with Crippen LogP contribution in [0, 0.1) is 13.8 Å². The molecule has 144 valence electrons. The molecule has 1 aliphatic carbocycles. The summed E-state index contributed by atoms with van der Waals surface area (Å²) in [5.74, 6) is 0.0628. The zero-order valence-electron chi connectivity index (χ0n) is 16.0. The molecule has 0 radical (unpaired) electrons. The number of anilines is 1. The molecule has 0 bridgehead atoms. The Labute approximate surface area is 161 Å². The number of carbonyl (C=O) groups excluding carboxylic acids is 1. The molecule has 1 fully saturated rings. The van der Waals surface area contributed by atoms with E-state index in [4.69, 9.17) is 0 Å². The van der Waals surface area contributed by atoms with Crippen molar-refractivity contribution < 1.29 is 13.2 Å². The van der Waals surface area contributed by atoms with Crippen LogP contribution in [0.2, 0.25) is 0 Å². The molecule has 5 nitrogen and oxygen atoms in total. The van der Waals surface area contributed by atoms with Gasteiger partial charge in [0, 0.05) is 12.2 Å². The Kier molecular flexibility index (Phi) is 5.29. The van der Waals surface area contributed by atoms with Crippen LogP contribution in [0.1, 0.15) is 42.9 Å². The fourth-order valence-corrected chi connectivity index (χ4v) is 4.28. The van der Waals surface area contributed by atoms with Gasteiger partial charge in [-0.1, -0.05) is 25.1 Å². The minimum absolute atomic E-state index is 0.0628. The highest BCUT2D eigenvalue weighted by molar-refractivity contribution is 7.92. The first-order valence-electron chi connectivity index (χ1n) is 9.27. The Balaban J connectivity index is 1.76. The van der Waals surface area contributed by atoms with Gasteiger partial charge in [0.05, 0.1) is 10.3 Å². The summed E-state index contributed by atoms with van der Waals surface area (Å²) in [6, 6.07) is 12.2. The van der Waals surface area contributed by atoms with E-state index in [1.165, 1.54) is 0 Å². The third-order valence-corrected chi connectivity index (χ3v) is 6.58. The highest BCUT2D eigenvalue weighted by atomic mass is 32.2. The number of benzene rings is 2. The van der Waals surface area contributed by atoms with Crippen molar-refractivity contribution in [3.8, 4) is 0 Å². The summed E-state index contributed by atoms with van der Waals surface area (Å²) in [5, 5.41) is 2.97. The molecule has 3 rings (SSSR count). The largest absolute Gasteiger partial charge is 0.355 e. The van der Waals surface area contributed by atoms with Gasteiger partial charge in [-0.3, -0.25) is 9.52 Å². The summed E-state index contributed by atoms with van der Waals surface area (Å²) >= 11 is 0. The molecule has 0 spiro atoms. The molecule has 1 aliphatic rings. The molecular formula is C21H26N2O3S. The Morgan fingerprint density at radius 3 is 2.26 bits per heavy atom. The van der Waals surface area contributed by atoms with E-state index in [1.807, 2.05) is 32.9 Å². The van der Waals surface area contributed by atoms with Crippen molar-refractivity contribution in [3.63, 3.8) is 0 Å². The Morgan fingerprint density at radius 1 is 1.04 bits per heavy atom. The molecule has 0 heterocycles. The minimum Gasteiger partial charge on any atom is -0.355 e. The van der Waals surface area contributed by atoms with Crippen LogP contribution in [0.5, 0.6) is 0 Å². The highest BCUT2D eigenvalue weighted by Crippen LogP contribution is 2.48. The maximum absolute atomic E-state index is 12.6. The normalized spacial score (nSPS) is 15.2. The van der Waals surface area contributed by atoms with Gasteiger partial charge in [-0.15, -0.1) is 0 Å². The van der Waals surface area contributed by atoms with Crippen molar-refractivity contribution >= 4 is 21.6 Å². The SMILES string of the molecule is CCCNC(=O)C1(c2ccc(NS(=O)(=O)c3ccc(C)c(C)c3)cc2)CC1. The number of hydrogen-bond acceptors (Lipinski definition) is 3. The van der Waals surface area contributed by atoms with Crippen LogP contribution in [-0.2, 0) is 20.2 Å². The van der Waals surface area contributed by atoms with E-state index in [-0.39, 0.29) is 10.8 Å². The molecule has 1 amide bonds. The number of hydrogen-bond donors (Lipinski definition) is 2. The summed E-state index contributed by atoms with van der Waals surface area (Å²) in [6.07, 6.45) is 2.56. The zero-order chi connectivity index (χ0) is 19.7. The third kappa shape index (κ3) is 4.00. The number of nitrogens with one attached hydrogen (secondary N) is 2. The number of carbonyl (C=O) groups is 1. The van der Waals surface area contributed by atoms with Gasteiger partial charge in [0.25, 0.3) is 10.0 Å². The highest BCUT2D eigenvalue weighted by Gasteiger charge is 2.50. The molecule has 0 aromatic heterocycles. The van der Waals surface area contributed by atoms with Gasteiger partial charge in [0.2, 0.25) is 5.91 Å². The summed E-state index contributed by atoms with van der Waals surface area (Å²) in [4.78, 5) is 12.7. The average molecular weight is 387 g/mol. The Hall–Kier alpha value is -2.34. The van der Waals surface area contributed by atoms with Gasteiger partial charge in [0.1, 0.15) is 0 Å². The third-order valence-electron chi connectivity index (χ3n) is 5.20. The van der Waals surface area contributed by atoms with Gasteiger partial charge in [-0.05, 0) is 74.1 Å². The lowest BCUT2D eigenvalue weighted by molar-refractivity contribution is -0.123. The minimum atomic E-state index is -3.64. The van der Waals surface area contributed by atoms with E-state index in [1.54, 1.807) is 30.3 Å². The van der Waals surface area contributed by atoms with Crippen LogP contribution in [0.4, 0.5) is 5.69 Å². The van der Waals surface area contributed by atoms with Crippen molar-refractivity contribution in [2.24, 2.45) is 0 Å². The van der Waals surface area contributed by atoms with Crippen LogP contribution in [0.3, 0.4) is 0 Å². The van der Waals surface area contributed by atoms with Crippen LogP contribution in [0.15, 0.2) is 47.4 Å². The first-order valence-corrected chi connectivity index (χ1v) is 10.8. The quantitative estimate of drug-likeness (QED) is 0.762. The van der Waals surface area contributed by atoms with Crippen LogP contribution < -0.4 is 10.0 Å². The first-order chi connectivity index (χ1) is 12.8. The fraction of sp³-hybridized carbons (Fsp3) is 0.381. The van der Waals surface area contributed by atoms with Crippen LogP contribution in [0.25, 0.3) is 0 Å². The monoisotopic (exact) mass is 386 g/mol. The molecule has 6 heteroatoms. The van der Waals surface area contributed by atoms with E-state index < -0.39 is 15.4 Å². The maximum Gasteiger partial charge on any atom is 0.261 e. The zero-order valence-corrected chi connectivity index (χ0v) is 16.8. The maximum atomic E-state index is 12.6. The molecule has 0 atom stereocenters. The summed E-state index contributed by atoms with van der Waals surface area (Å²) in [7, 11) is -3.64. The fourth-order valence-electron chi connectivity index (χ4n) is 3.13. The van der Waals surface area contributed by atoms with E-state index in [0.717, 1.165) is 36.0 Å². The number of sulfonamides is 1. The molecule has 2 aromatic rings.